The Kier molecular flexibility index (Phi) is 4.34. The van der Waals surface area contributed by atoms with Crippen LogP contribution in [0.2, 0.25) is 0 Å². The molecule has 1 aromatic carbocycles. The van der Waals surface area contributed by atoms with Gasteiger partial charge < -0.3 is 5.73 Å². The fourth-order valence-corrected chi connectivity index (χ4v) is 2.57. The van der Waals surface area contributed by atoms with Gasteiger partial charge in [0.1, 0.15) is 5.82 Å². The number of halogens is 2. The maximum absolute atomic E-state index is 13.7. The Balaban J connectivity index is 0.00000133. The molecule has 2 heterocycles. The SMILES string of the molecule is Cl.N[C@@H]1CCN(Cc2ccc(F)c3cccnc23)C1. The van der Waals surface area contributed by atoms with Gasteiger partial charge in [-0.25, -0.2) is 4.39 Å². The van der Waals surface area contributed by atoms with E-state index in [1.54, 1.807) is 18.3 Å². The molecule has 0 radical (unpaired) electrons. The van der Waals surface area contributed by atoms with E-state index < -0.39 is 0 Å². The highest BCUT2D eigenvalue weighted by molar-refractivity contribution is 5.85. The van der Waals surface area contributed by atoms with E-state index in [1.165, 1.54) is 6.07 Å². The van der Waals surface area contributed by atoms with Crippen LogP contribution in [-0.2, 0) is 6.54 Å². The monoisotopic (exact) mass is 281 g/mol. The summed E-state index contributed by atoms with van der Waals surface area (Å²) >= 11 is 0. The predicted octanol–water partition coefficient (Wildman–Crippen LogP) is 2.33. The van der Waals surface area contributed by atoms with Gasteiger partial charge in [0.15, 0.2) is 0 Å². The Morgan fingerprint density at radius 3 is 2.95 bits per heavy atom. The van der Waals surface area contributed by atoms with Gasteiger partial charge in [-0.1, -0.05) is 6.07 Å². The average molecular weight is 282 g/mol. The van der Waals surface area contributed by atoms with Crippen LogP contribution in [0.3, 0.4) is 0 Å². The molecule has 102 valence electrons. The van der Waals surface area contributed by atoms with Crippen LogP contribution in [-0.4, -0.2) is 29.0 Å². The number of hydrogen-bond donors (Lipinski definition) is 1. The molecule has 1 aromatic heterocycles. The predicted molar refractivity (Wildman–Crippen MR) is 76.8 cm³/mol. The van der Waals surface area contributed by atoms with Gasteiger partial charge in [0, 0.05) is 37.3 Å². The Bertz CT molecular complexity index is 576. The largest absolute Gasteiger partial charge is 0.326 e. The summed E-state index contributed by atoms with van der Waals surface area (Å²) < 4.78 is 13.7. The number of rotatable bonds is 2. The van der Waals surface area contributed by atoms with Crippen molar-refractivity contribution in [1.82, 2.24) is 9.88 Å². The third-order valence-corrected chi connectivity index (χ3v) is 3.50. The second-order valence-corrected chi connectivity index (χ2v) is 4.89. The van der Waals surface area contributed by atoms with Gasteiger partial charge in [-0.2, -0.15) is 0 Å². The lowest BCUT2D eigenvalue weighted by molar-refractivity contribution is 0.328. The molecule has 19 heavy (non-hydrogen) atoms. The molecule has 0 bridgehead atoms. The lowest BCUT2D eigenvalue weighted by Gasteiger charge is -2.16. The van der Waals surface area contributed by atoms with Gasteiger partial charge in [0.2, 0.25) is 0 Å². The molecule has 0 saturated carbocycles. The number of fused-ring (bicyclic) bond motifs is 1. The number of nitrogens with two attached hydrogens (primary N) is 1. The molecule has 5 heteroatoms. The van der Waals surface area contributed by atoms with Crippen LogP contribution in [0.15, 0.2) is 30.5 Å². The zero-order valence-corrected chi connectivity index (χ0v) is 11.4. The lowest BCUT2D eigenvalue weighted by Crippen LogP contribution is -2.26. The van der Waals surface area contributed by atoms with Crippen LogP contribution in [0, 0.1) is 5.82 Å². The second-order valence-electron chi connectivity index (χ2n) is 4.89. The summed E-state index contributed by atoms with van der Waals surface area (Å²) in [6.45, 7) is 2.71. The van der Waals surface area contributed by atoms with Gasteiger partial charge in [0.05, 0.1) is 5.52 Å². The fraction of sp³-hybridized carbons (Fsp3) is 0.357. The highest BCUT2D eigenvalue weighted by atomic mass is 35.5. The Morgan fingerprint density at radius 1 is 1.37 bits per heavy atom. The first-order chi connectivity index (χ1) is 8.74. The summed E-state index contributed by atoms with van der Waals surface area (Å²) in [5.41, 5.74) is 7.73. The quantitative estimate of drug-likeness (QED) is 0.919. The van der Waals surface area contributed by atoms with Crippen molar-refractivity contribution in [2.45, 2.75) is 19.0 Å². The van der Waals surface area contributed by atoms with Crippen LogP contribution in [0.1, 0.15) is 12.0 Å². The Labute approximate surface area is 118 Å². The highest BCUT2D eigenvalue weighted by Gasteiger charge is 2.20. The van der Waals surface area contributed by atoms with E-state index >= 15 is 0 Å². The summed E-state index contributed by atoms with van der Waals surface area (Å²) in [6, 6.07) is 7.16. The number of nitrogens with zero attached hydrogens (tertiary/aromatic N) is 2. The summed E-state index contributed by atoms with van der Waals surface area (Å²) in [6.07, 6.45) is 2.74. The minimum Gasteiger partial charge on any atom is -0.326 e. The number of pyridine rings is 1. The van der Waals surface area contributed by atoms with Crippen molar-refractivity contribution in [2.24, 2.45) is 5.73 Å². The third kappa shape index (κ3) is 2.86. The topological polar surface area (TPSA) is 42.1 Å². The average Bonchev–Trinajstić information content (AvgIpc) is 2.79. The van der Waals surface area contributed by atoms with Crippen LogP contribution < -0.4 is 5.73 Å². The Morgan fingerprint density at radius 2 is 2.21 bits per heavy atom. The molecule has 3 nitrogen and oxygen atoms in total. The summed E-state index contributed by atoms with van der Waals surface area (Å²) in [5, 5.41) is 0.596. The number of benzene rings is 1. The molecule has 0 unspecified atom stereocenters. The van der Waals surface area contributed by atoms with E-state index in [0.29, 0.717) is 5.39 Å². The molecular formula is C14H17ClFN3. The first kappa shape index (κ1) is 14.2. The van der Waals surface area contributed by atoms with Gasteiger partial charge in [0.25, 0.3) is 0 Å². The third-order valence-electron chi connectivity index (χ3n) is 3.50. The molecule has 0 amide bonds. The molecule has 3 rings (SSSR count). The van der Waals surface area contributed by atoms with Crippen molar-refractivity contribution in [2.75, 3.05) is 13.1 Å². The van der Waals surface area contributed by atoms with Crippen molar-refractivity contribution >= 4 is 23.3 Å². The molecule has 0 spiro atoms. The van der Waals surface area contributed by atoms with E-state index in [1.807, 2.05) is 6.07 Å². The standard InChI is InChI=1S/C14H16FN3.ClH/c15-13-4-3-10(8-18-7-5-11(16)9-18)14-12(13)2-1-6-17-14;/h1-4,6,11H,5,7-9,16H2;1H/t11-;/m1./s1. The minimum absolute atomic E-state index is 0. The first-order valence-corrected chi connectivity index (χ1v) is 6.24. The maximum atomic E-state index is 13.7. The molecule has 1 aliphatic rings. The van der Waals surface area contributed by atoms with Gasteiger partial charge in [-0.05, 0) is 30.2 Å². The molecule has 1 saturated heterocycles. The molecule has 0 aliphatic carbocycles. The Hall–Kier alpha value is -1.23. The molecule has 2 N–H and O–H groups in total. The number of aromatic nitrogens is 1. The van der Waals surface area contributed by atoms with Crippen LogP contribution in [0.4, 0.5) is 4.39 Å². The zero-order chi connectivity index (χ0) is 12.5. The number of hydrogen-bond acceptors (Lipinski definition) is 3. The van der Waals surface area contributed by atoms with Crippen LogP contribution >= 0.6 is 12.4 Å². The lowest BCUT2D eigenvalue weighted by atomic mass is 10.1. The van der Waals surface area contributed by atoms with E-state index in [2.05, 4.69) is 9.88 Å². The summed E-state index contributed by atoms with van der Waals surface area (Å²) in [7, 11) is 0. The van der Waals surface area contributed by atoms with Crippen molar-refractivity contribution in [1.29, 1.82) is 0 Å². The summed E-state index contributed by atoms with van der Waals surface area (Å²) in [4.78, 5) is 6.60. The second kappa shape index (κ2) is 5.82. The van der Waals surface area contributed by atoms with E-state index in [9.17, 15) is 4.39 Å². The van der Waals surface area contributed by atoms with Crippen molar-refractivity contribution in [3.8, 4) is 0 Å². The molecular weight excluding hydrogens is 265 g/mol. The molecule has 1 atom stereocenters. The molecule has 1 aliphatic heterocycles. The highest BCUT2D eigenvalue weighted by Crippen LogP contribution is 2.22. The van der Waals surface area contributed by atoms with Gasteiger partial charge in [-0.15, -0.1) is 12.4 Å². The van der Waals surface area contributed by atoms with Crippen molar-refractivity contribution in [3.05, 3.63) is 41.8 Å². The van der Waals surface area contributed by atoms with Crippen molar-refractivity contribution < 1.29 is 4.39 Å². The van der Waals surface area contributed by atoms with Gasteiger partial charge in [-0.3, -0.25) is 9.88 Å². The normalized spacial score (nSPS) is 19.6. The van der Waals surface area contributed by atoms with Crippen LogP contribution in [0.5, 0.6) is 0 Å². The first-order valence-electron chi connectivity index (χ1n) is 6.24. The zero-order valence-electron chi connectivity index (χ0n) is 10.6. The maximum Gasteiger partial charge on any atom is 0.132 e. The van der Waals surface area contributed by atoms with E-state index in [4.69, 9.17) is 5.73 Å². The van der Waals surface area contributed by atoms with Crippen molar-refractivity contribution in [3.63, 3.8) is 0 Å². The summed E-state index contributed by atoms with van der Waals surface area (Å²) in [5.74, 6) is -0.208. The number of likely N-dealkylation sites (tertiary alicyclic amines) is 1. The van der Waals surface area contributed by atoms with E-state index in [0.717, 1.165) is 37.1 Å². The minimum atomic E-state index is -0.208. The van der Waals surface area contributed by atoms with Gasteiger partial charge >= 0.3 is 0 Å². The van der Waals surface area contributed by atoms with Crippen LogP contribution in [0.25, 0.3) is 10.9 Å². The molecule has 1 fully saturated rings. The fourth-order valence-electron chi connectivity index (χ4n) is 2.57. The van der Waals surface area contributed by atoms with E-state index in [-0.39, 0.29) is 24.3 Å². The smallest absolute Gasteiger partial charge is 0.132 e. The molecule has 2 aromatic rings.